The van der Waals surface area contributed by atoms with E-state index in [9.17, 15) is 15.3 Å². The molecule has 0 aliphatic carbocycles. The lowest BCUT2D eigenvalue weighted by Crippen LogP contribution is -1.95. The Balaban J connectivity index is 1.82. The summed E-state index contributed by atoms with van der Waals surface area (Å²) in [6, 6.07) is 13.3. The number of phenols is 2. The van der Waals surface area contributed by atoms with Crippen LogP contribution in [0, 0.1) is 0 Å². The van der Waals surface area contributed by atoms with Crippen LogP contribution in [0.5, 0.6) is 11.5 Å². The van der Waals surface area contributed by atoms with Gasteiger partial charge in [0.15, 0.2) is 28.8 Å². The molecular formula is C17H12O5. The van der Waals surface area contributed by atoms with Crippen molar-refractivity contribution >= 4 is 21.9 Å². The minimum Gasteiger partial charge on any atom is -0.504 e. The van der Waals surface area contributed by atoms with E-state index in [4.69, 9.17) is 8.83 Å². The first-order chi connectivity index (χ1) is 10.6. The summed E-state index contributed by atoms with van der Waals surface area (Å²) < 4.78 is 11.0. The largest absolute Gasteiger partial charge is 0.504 e. The third-order valence-corrected chi connectivity index (χ3v) is 3.62. The standard InChI is InChI=1S/C17H12O5/c18-11-5-1-3-9-7-13(21-16(9)11)15(20)14-8-10-4-2-6-12(19)17(10)22-14/h1-8,15,18-20H. The Hall–Kier alpha value is -2.92. The maximum atomic E-state index is 10.4. The van der Waals surface area contributed by atoms with Crippen LogP contribution >= 0.6 is 0 Å². The topological polar surface area (TPSA) is 87.0 Å². The predicted molar refractivity (Wildman–Crippen MR) is 79.8 cm³/mol. The van der Waals surface area contributed by atoms with Crippen LogP contribution in [0.25, 0.3) is 21.9 Å². The molecule has 0 saturated heterocycles. The monoisotopic (exact) mass is 296 g/mol. The quantitative estimate of drug-likeness (QED) is 0.525. The molecule has 2 aromatic carbocycles. The molecule has 0 aliphatic heterocycles. The summed E-state index contributed by atoms with van der Waals surface area (Å²) in [7, 11) is 0. The van der Waals surface area contributed by atoms with Crippen LogP contribution < -0.4 is 0 Å². The van der Waals surface area contributed by atoms with E-state index in [2.05, 4.69) is 0 Å². The van der Waals surface area contributed by atoms with Crippen molar-refractivity contribution in [1.29, 1.82) is 0 Å². The molecule has 0 saturated carbocycles. The maximum Gasteiger partial charge on any atom is 0.176 e. The molecule has 0 amide bonds. The number of rotatable bonds is 2. The number of aliphatic hydroxyl groups excluding tert-OH is 1. The third kappa shape index (κ3) is 1.83. The first kappa shape index (κ1) is 12.8. The molecule has 0 fully saturated rings. The molecule has 5 heteroatoms. The summed E-state index contributed by atoms with van der Waals surface area (Å²) >= 11 is 0. The molecule has 3 N–H and O–H groups in total. The van der Waals surface area contributed by atoms with Gasteiger partial charge in [-0.1, -0.05) is 24.3 Å². The molecule has 4 aromatic rings. The zero-order valence-corrected chi connectivity index (χ0v) is 11.4. The highest BCUT2D eigenvalue weighted by molar-refractivity contribution is 5.84. The first-order valence-electron chi connectivity index (χ1n) is 6.74. The summed E-state index contributed by atoms with van der Waals surface area (Å²) in [5, 5.41) is 31.3. The van der Waals surface area contributed by atoms with Crippen LogP contribution in [0.4, 0.5) is 0 Å². The van der Waals surface area contributed by atoms with Gasteiger partial charge in [-0.05, 0) is 24.3 Å². The van der Waals surface area contributed by atoms with Crippen LogP contribution in [-0.4, -0.2) is 15.3 Å². The lowest BCUT2D eigenvalue weighted by molar-refractivity contribution is 0.167. The van der Waals surface area contributed by atoms with E-state index in [-0.39, 0.29) is 23.0 Å². The van der Waals surface area contributed by atoms with Gasteiger partial charge < -0.3 is 24.2 Å². The minimum absolute atomic E-state index is 0.0122. The fourth-order valence-corrected chi connectivity index (χ4v) is 2.54. The highest BCUT2D eigenvalue weighted by Gasteiger charge is 2.21. The number of para-hydroxylation sites is 2. The molecular weight excluding hydrogens is 284 g/mol. The van der Waals surface area contributed by atoms with Gasteiger partial charge in [0.25, 0.3) is 0 Å². The zero-order valence-electron chi connectivity index (χ0n) is 11.4. The van der Waals surface area contributed by atoms with E-state index in [0.717, 1.165) is 0 Å². The molecule has 2 aromatic heterocycles. The number of hydrogen-bond acceptors (Lipinski definition) is 5. The van der Waals surface area contributed by atoms with Crippen molar-refractivity contribution in [1.82, 2.24) is 0 Å². The Bertz CT molecular complexity index is 899. The highest BCUT2D eigenvalue weighted by atomic mass is 16.4. The maximum absolute atomic E-state index is 10.4. The third-order valence-electron chi connectivity index (χ3n) is 3.62. The Kier molecular flexibility index (Phi) is 2.64. The van der Waals surface area contributed by atoms with Gasteiger partial charge in [-0.3, -0.25) is 0 Å². The molecule has 0 bridgehead atoms. The van der Waals surface area contributed by atoms with Crippen molar-refractivity contribution in [3.63, 3.8) is 0 Å². The average molecular weight is 296 g/mol. The van der Waals surface area contributed by atoms with E-state index < -0.39 is 6.10 Å². The normalized spacial score (nSPS) is 11.7. The molecule has 22 heavy (non-hydrogen) atoms. The van der Waals surface area contributed by atoms with Crippen molar-refractivity contribution in [3.8, 4) is 11.5 Å². The second-order valence-corrected chi connectivity index (χ2v) is 5.09. The second-order valence-electron chi connectivity index (χ2n) is 5.09. The lowest BCUT2D eigenvalue weighted by atomic mass is 10.1. The van der Waals surface area contributed by atoms with Gasteiger partial charge in [-0.2, -0.15) is 0 Å². The predicted octanol–water partition coefficient (Wildman–Crippen LogP) is 3.67. The van der Waals surface area contributed by atoms with Crippen LogP contribution in [0.15, 0.2) is 57.4 Å². The zero-order chi connectivity index (χ0) is 15.3. The second kappa shape index (κ2) is 4.54. The van der Waals surface area contributed by atoms with Crippen LogP contribution in [0.1, 0.15) is 17.6 Å². The molecule has 0 spiro atoms. The fourth-order valence-electron chi connectivity index (χ4n) is 2.54. The average Bonchev–Trinajstić information content (AvgIpc) is 3.11. The molecule has 5 nitrogen and oxygen atoms in total. The van der Waals surface area contributed by atoms with Crippen LogP contribution in [0.3, 0.4) is 0 Å². The molecule has 0 unspecified atom stereocenters. The number of benzene rings is 2. The molecule has 0 radical (unpaired) electrons. The summed E-state index contributed by atoms with van der Waals surface area (Å²) in [5.41, 5.74) is 0.631. The number of aliphatic hydroxyl groups is 1. The van der Waals surface area contributed by atoms with E-state index in [1.165, 1.54) is 12.1 Å². The summed E-state index contributed by atoms with van der Waals surface area (Å²) in [6.07, 6.45) is -1.13. The van der Waals surface area contributed by atoms with Gasteiger partial charge in [0.2, 0.25) is 0 Å². The van der Waals surface area contributed by atoms with Crippen LogP contribution in [-0.2, 0) is 0 Å². The highest BCUT2D eigenvalue weighted by Crippen LogP contribution is 2.36. The molecule has 4 rings (SSSR count). The van der Waals surface area contributed by atoms with Crippen molar-refractivity contribution < 1.29 is 24.2 Å². The van der Waals surface area contributed by atoms with Crippen molar-refractivity contribution in [2.45, 2.75) is 6.10 Å². The van der Waals surface area contributed by atoms with E-state index >= 15 is 0 Å². The van der Waals surface area contributed by atoms with Gasteiger partial charge in [0.05, 0.1) is 0 Å². The van der Waals surface area contributed by atoms with Gasteiger partial charge in [0, 0.05) is 10.8 Å². The van der Waals surface area contributed by atoms with E-state index in [1.807, 2.05) is 0 Å². The van der Waals surface area contributed by atoms with Crippen molar-refractivity contribution in [3.05, 3.63) is 60.1 Å². The fraction of sp³-hybridized carbons (Fsp3) is 0.0588. The SMILES string of the molecule is Oc1cccc2cc(C(O)c3cc4cccc(O)c4o3)oc12. The van der Waals surface area contributed by atoms with Gasteiger partial charge in [0.1, 0.15) is 11.5 Å². The first-order valence-corrected chi connectivity index (χ1v) is 6.74. The number of aromatic hydroxyl groups is 2. The Morgan fingerprint density at radius 3 is 1.59 bits per heavy atom. The number of phenolic OH excluding ortho intramolecular Hbond substituents is 2. The molecule has 0 aliphatic rings. The molecule has 0 atom stereocenters. The summed E-state index contributed by atoms with van der Waals surface area (Å²) in [5.74, 6) is 0.543. The Labute approximate surface area is 124 Å². The number of furan rings is 2. The van der Waals surface area contributed by atoms with Crippen molar-refractivity contribution in [2.75, 3.05) is 0 Å². The summed E-state index contributed by atoms with van der Waals surface area (Å²) in [6.45, 7) is 0. The number of fused-ring (bicyclic) bond motifs is 2. The lowest BCUT2D eigenvalue weighted by Gasteiger charge is -2.02. The van der Waals surface area contributed by atoms with Crippen LogP contribution in [0.2, 0.25) is 0 Å². The van der Waals surface area contributed by atoms with Crippen molar-refractivity contribution in [2.24, 2.45) is 0 Å². The van der Waals surface area contributed by atoms with Gasteiger partial charge in [-0.15, -0.1) is 0 Å². The molecule has 2 heterocycles. The Morgan fingerprint density at radius 2 is 1.18 bits per heavy atom. The van der Waals surface area contributed by atoms with E-state index in [1.54, 1.807) is 36.4 Å². The van der Waals surface area contributed by atoms with Gasteiger partial charge >= 0.3 is 0 Å². The Morgan fingerprint density at radius 1 is 0.727 bits per heavy atom. The number of hydrogen-bond donors (Lipinski definition) is 3. The summed E-state index contributed by atoms with van der Waals surface area (Å²) in [4.78, 5) is 0. The van der Waals surface area contributed by atoms with E-state index in [0.29, 0.717) is 21.9 Å². The van der Waals surface area contributed by atoms with Gasteiger partial charge in [-0.25, -0.2) is 0 Å². The molecule has 110 valence electrons. The smallest absolute Gasteiger partial charge is 0.176 e. The minimum atomic E-state index is -1.13.